The quantitative estimate of drug-likeness (QED) is 0.589. The van der Waals surface area contributed by atoms with Crippen LogP contribution in [0.2, 0.25) is 0 Å². The predicted molar refractivity (Wildman–Crippen MR) is 114 cm³/mol. The van der Waals surface area contributed by atoms with E-state index in [1.165, 1.54) is 18.1 Å². The van der Waals surface area contributed by atoms with Gasteiger partial charge >= 0.3 is 0 Å². The van der Waals surface area contributed by atoms with Crippen molar-refractivity contribution in [2.24, 2.45) is 5.92 Å². The van der Waals surface area contributed by atoms with Gasteiger partial charge in [0.2, 0.25) is 17.2 Å². The number of aromatic nitrogens is 4. The number of nitrogens with one attached hydrogen (secondary N) is 1. The van der Waals surface area contributed by atoms with E-state index in [1.807, 2.05) is 4.90 Å². The summed E-state index contributed by atoms with van der Waals surface area (Å²) in [5.74, 6) is 0.275. The molecule has 1 fully saturated rings. The maximum atomic E-state index is 13.0. The molecule has 9 nitrogen and oxygen atoms in total. The molecule has 31 heavy (non-hydrogen) atoms. The van der Waals surface area contributed by atoms with E-state index in [9.17, 15) is 8.60 Å². The Morgan fingerprint density at radius 1 is 1.29 bits per heavy atom. The normalized spacial score (nSPS) is 23.0. The fraction of sp³-hybridized carbons (Fsp3) is 0.650. The number of ether oxygens (including phenoxy) is 1. The molecule has 3 unspecified atom stereocenters. The molecule has 4 heterocycles. The van der Waals surface area contributed by atoms with Crippen LogP contribution in [0.5, 0.6) is 0 Å². The lowest BCUT2D eigenvalue weighted by Gasteiger charge is -2.36. The number of nitrogens with zero attached hydrogens (tertiary/aromatic N) is 5. The summed E-state index contributed by atoms with van der Waals surface area (Å²) in [6, 6.07) is 2.18. The maximum absolute atomic E-state index is 13.0. The van der Waals surface area contributed by atoms with E-state index >= 15 is 0 Å². The van der Waals surface area contributed by atoms with Crippen LogP contribution in [-0.4, -0.2) is 60.9 Å². The van der Waals surface area contributed by atoms with Crippen LogP contribution in [0.15, 0.2) is 18.5 Å². The molecule has 0 saturated carbocycles. The van der Waals surface area contributed by atoms with Gasteiger partial charge in [-0.1, -0.05) is 6.92 Å². The first-order valence-corrected chi connectivity index (χ1v) is 11.9. The van der Waals surface area contributed by atoms with E-state index in [0.29, 0.717) is 19.1 Å². The zero-order valence-corrected chi connectivity index (χ0v) is 18.4. The van der Waals surface area contributed by atoms with Gasteiger partial charge in [0.1, 0.15) is 0 Å². The summed E-state index contributed by atoms with van der Waals surface area (Å²) in [6.07, 6.45) is 6.87. The summed E-state index contributed by atoms with van der Waals surface area (Å²) in [7, 11) is 0. The van der Waals surface area contributed by atoms with Gasteiger partial charge in [-0.3, -0.25) is 9.23 Å². The molecule has 2 aliphatic heterocycles. The van der Waals surface area contributed by atoms with Gasteiger partial charge in [-0.05, 0) is 44.1 Å². The molecule has 11 heteroatoms. The van der Waals surface area contributed by atoms with Crippen LogP contribution in [0.4, 0.5) is 10.3 Å². The summed E-state index contributed by atoms with van der Waals surface area (Å²) >= 11 is -2.03. The van der Waals surface area contributed by atoms with Crippen LogP contribution in [0, 0.1) is 11.7 Å². The van der Waals surface area contributed by atoms with Crippen molar-refractivity contribution in [3.8, 4) is 0 Å². The van der Waals surface area contributed by atoms with Crippen molar-refractivity contribution >= 4 is 17.2 Å². The second-order valence-corrected chi connectivity index (χ2v) is 8.90. The van der Waals surface area contributed by atoms with Crippen molar-refractivity contribution in [1.82, 2.24) is 24.5 Å². The van der Waals surface area contributed by atoms with Gasteiger partial charge in [0, 0.05) is 25.3 Å². The molecule has 0 aliphatic carbocycles. The highest BCUT2D eigenvalue weighted by Gasteiger charge is 2.32. The minimum absolute atomic E-state index is 0.0264. The summed E-state index contributed by atoms with van der Waals surface area (Å²) in [6.45, 7) is 4.55. The lowest BCUT2D eigenvalue weighted by molar-refractivity contribution is -0.000911. The van der Waals surface area contributed by atoms with Crippen molar-refractivity contribution in [3.05, 3.63) is 35.7 Å². The van der Waals surface area contributed by atoms with Gasteiger partial charge in [0.05, 0.1) is 36.8 Å². The Bertz CT molecular complexity index is 888. The molecule has 2 N–H and O–H groups in total. The van der Waals surface area contributed by atoms with E-state index < -0.39 is 17.1 Å². The summed E-state index contributed by atoms with van der Waals surface area (Å²) in [5, 5.41) is 4.77. The third-order valence-electron chi connectivity index (χ3n) is 6.16. The second kappa shape index (κ2) is 10.1. The van der Waals surface area contributed by atoms with Gasteiger partial charge in [0.25, 0.3) is 0 Å². The molecule has 0 spiro atoms. The first-order chi connectivity index (χ1) is 15.0. The Morgan fingerprint density at radius 2 is 2.03 bits per heavy atom. The van der Waals surface area contributed by atoms with Crippen LogP contribution in [0.3, 0.4) is 0 Å². The largest absolute Gasteiger partial charge is 0.376 e. The first-order valence-electron chi connectivity index (χ1n) is 10.8. The second-order valence-electron chi connectivity index (χ2n) is 8.11. The van der Waals surface area contributed by atoms with E-state index in [1.54, 1.807) is 0 Å². The number of hydrogen-bond acceptors (Lipinski definition) is 6. The van der Waals surface area contributed by atoms with Gasteiger partial charge in [-0.15, -0.1) is 0 Å². The lowest BCUT2D eigenvalue weighted by atomic mass is 9.90. The fourth-order valence-corrected chi connectivity index (χ4v) is 4.77. The topological polar surface area (TPSA) is 105 Å². The first kappa shape index (κ1) is 22.3. The standard InChI is InChI=1S/C20H29FN6O3S/c1-2-16-9-17-4-3-14(10-24-31(28)29)19(27(17)25-16)13-30-18-5-7-26(8-6-18)20-22-11-15(21)12-23-20/h9,11-12,14,18-19,24H,2-8,10,13H2,1H3,(H,28,29). The Balaban J connectivity index is 1.36. The summed E-state index contributed by atoms with van der Waals surface area (Å²) in [5.41, 5.74) is 2.27. The fourth-order valence-electron chi connectivity index (χ4n) is 4.41. The molecule has 2 aromatic rings. The Labute approximate surface area is 183 Å². The molecule has 170 valence electrons. The van der Waals surface area contributed by atoms with Crippen molar-refractivity contribution < 1.29 is 17.9 Å². The highest BCUT2D eigenvalue weighted by molar-refractivity contribution is 7.77. The zero-order valence-electron chi connectivity index (χ0n) is 17.6. The average Bonchev–Trinajstić information content (AvgIpc) is 3.21. The van der Waals surface area contributed by atoms with Crippen LogP contribution < -0.4 is 9.62 Å². The molecule has 0 aromatic carbocycles. The number of halogens is 1. The number of hydrogen-bond donors (Lipinski definition) is 2. The average molecular weight is 453 g/mol. The highest BCUT2D eigenvalue weighted by Crippen LogP contribution is 2.32. The predicted octanol–water partition coefficient (Wildman–Crippen LogP) is 1.89. The smallest absolute Gasteiger partial charge is 0.231 e. The van der Waals surface area contributed by atoms with E-state index in [4.69, 9.17) is 14.4 Å². The summed E-state index contributed by atoms with van der Waals surface area (Å²) in [4.78, 5) is 10.2. The van der Waals surface area contributed by atoms with Crippen molar-refractivity contribution in [1.29, 1.82) is 0 Å². The molecule has 2 aromatic heterocycles. The molecule has 0 amide bonds. The lowest BCUT2D eigenvalue weighted by Crippen LogP contribution is -2.41. The molecule has 0 bridgehead atoms. The van der Waals surface area contributed by atoms with Crippen molar-refractivity contribution in [2.45, 2.75) is 51.2 Å². The zero-order chi connectivity index (χ0) is 21.8. The molecular weight excluding hydrogens is 423 g/mol. The van der Waals surface area contributed by atoms with Gasteiger partial charge in [-0.25, -0.2) is 23.3 Å². The summed E-state index contributed by atoms with van der Waals surface area (Å²) < 4.78 is 44.3. The van der Waals surface area contributed by atoms with E-state index in [2.05, 4.69) is 32.4 Å². The minimum atomic E-state index is -2.03. The van der Waals surface area contributed by atoms with Gasteiger partial charge < -0.3 is 9.64 Å². The van der Waals surface area contributed by atoms with Crippen LogP contribution in [-0.2, 0) is 28.8 Å². The molecule has 1 saturated heterocycles. The number of anilines is 1. The van der Waals surface area contributed by atoms with Gasteiger partial charge in [-0.2, -0.15) is 5.10 Å². The number of piperidine rings is 1. The minimum Gasteiger partial charge on any atom is -0.376 e. The number of aryl methyl sites for hydroxylation is 2. The molecule has 0 radical (unpaired) electrons. The van der Waals surface area contributed by atoms with Crippen molar-refractivity contribution in [3.63, 3.8) is 0 Å². The Hall–Kier alpha value is -1.95. The molecule has 2 aliphatic rings. The Morgan fingerprint density at radius 3 is 2.71 bits per heavy atom. The molecule has 4 rings (SSSR count). The van der Waals surface area contributed by atoms with Gasteiger partial charge in [0.15, 0.2) is 5.82 Å². The van der Waals surface area contributed by atoms with Crippen molar-refractivity contribution in [2.75, 3.05) is 31.1 Å². The molecular formula is C20H29FN6O3S. The van der Waals surface area contributed by atoms with E-state index in [-0.39, 0.29) is 18.1 Å². The highest BCUT2D eigenvalue weighted by atomic mass is 32.2. The monoisotopic (exact) mass is 452 g/mol. The SMILES string of the molecule is CCc1cc2n(n1)C(COC1CCN(c3ncc(F)cn3)CC1)C(CNS(=O)O)CC2. The Kier molecular flexibility index (Phi) is 7.26. The van der Waals surface area contributed by atoms with Crippen LogP contribution in [0.25, 0.3) is 0 Å². The number of fused-ring (bicyclic) bond motifs is 1. The maximum Gasteiger partial charge on any atom is 0.231 e. The third-order valence-corrected chi connectivity index (χ3v) is 6.57. The molecule has 3 atom stereocenters. The van der Waals surface area contributed by atoms with Crippen LogP contribution >= 0.6 is 0 Å². The third kappa shape index (κ3) is 5.46. The van der Waals surface area contributed by atoms with E-state index in [0.717, 1.165) is 50.9 Å². The number of rotatable bonds is 8. The van der Waals surface area contributed by atoms with Crippen LogP contribution in [0.1, 0.15) is 43.6 Å².